The second-order valence-corrected chi connectivity index (χ2v) is 8.82. The van der Waals surface area contributed by atoms with Gasteiger partial charge in [0.25, 0.3) is 0 Å². The van der Waals surface area contributed by atoms with Crippen molar-refractivity contribution < 1.29 is 21.5 Å². The number of hydrogen-bond donors (Lipinski definition) is 0. The van der Waals surface area contributed by atoms with Gasteiger partial charge in [0.1, 0.15) is 0 Å². The van der Waals surface area contributed by atoms with Crippen LogP contribution < -0.4 is 21.5 Å². The zero-order valence-electron chi connectivity index (χ0n) is 7.78. The van der Waals surface area contributed by atoms with Crippen LogP contribution >= 0.6 is 33.9 Å². The van der Waals surface area contributed by atoms with E-state index in [1.54, 1.807) is 11.3 Å². The van der Waals surface area contributed by atoms with E-state index in [2.05, 4.69) is 41.0 Å². The third-order valence-corrected chi connectivity index (χ3v) is 7.03. The van der Waals surface area contributed by atoms with Gasteiger partial charge in [0, 0.05) is 0 Å². The minimum atomic E-state index is 0.337. The molecule has 1 aliphatic carbocycles. The van der Waals surface area contributed by atoms with Gasteiger partial charge in [-0.05, 0) is 0 Å². The van der Waals surface area contributed by atoms with Gasteiger partial charge in [-0.1, -0.05) is 0 Å². The molecule has 1 aromatic rings. The quantitative estimate of drug-likeness (QED) is 0.339. The summed E-state index contributed by atoms with van der Waals surface area (Å²) in [5.74, 6) is 2.72. The van der Waals surface area contributed by atoms with E-state index in [9.17, 15) is 0 Å². The molecule has 0 spiro atoms. The van der Waals surface area contributed by atoms with Crippen molar-refractivity contribution in [3.63, 3.8) is 0 Å². The van der Waals surface area contributed by atoms with Gasteiger partial charge in [0.15, 0.2) is 0 Å². The zero-order valence-corrected chi connectivity index (χ0v) is 12.9. The fourth-order valence-corrected chi connectivity index (χ4v) is 5.41. The number of aromatic nitrogens is 1. The van der Waals surface area contributed by atoms with Crippen molar-refractivity contribution in [2.45, 2.75) is 5.92 Å². The van der Waals surface area contributed by atoms with Crippen molar-refractivity contribution in [2.75, 3.05) is 18.0 Å². The molecule has 1 saturated heterocycles. The number of thiazole rings is 1. The Labute approximate surface area is 112 Å². The molecule has 5 heteroatoms. The molecule has 2 nitrogen and oxygen atoms in total. The molecule has 0 radical (unpaired) electrons. The maximum atomic E-state index is 4.60. The number of alkyl halides is 1. The van der Waals surface area contributed by atoms with Crippen LogP contribution in [0.2, 0.25) is 0 Å². The molecule has 0 amide bonds. The molecule has 2 aliphatic rings. The van der Waals surface area contributed by atoms with Gasteiger partial charge in [-0.3, -0.25) is 0 Å². The van der Waals surface area contributed by atoms with Crippen molar-refractivity contribution in [1.82, 2.24) is 8.10 Å². The van der Waals surface area contributed by atoms with E-state index >= 15 is 0 Å². The van der Waals surface area contributed by atoms with Crippen LogP contribution in [-0.2, 0) is 0 Å². The first-order valence-corrected chi connectivity index (χ1v) is 9.73. The molecular weight excluding hydrogens is 422 g/mol. The summed E-state index contributed by atoms with van der Waals surface area (Å²) >= 11 is 4.44. The van der Waals surface area contributed by atoms with E-state index in [1.807, 2.05) is 0 Å². The molecule has 1 aromatic heterocycles. The van der Waals surface area contributed by atoms with Gasteiger partial charge >= 0.3 is 113 Å². The van der Waals surface area contributed by atoms with Crippen LogP contribution in [0.15, 0.2) is 5.38 Å². The Morgan fingerprint density at radius 1 is 1.57 bits per heavy atom. The minimum absolute atomic E-state index is 0.337. The number of fused-ring (bicyclic) bond motifs is 1. The molecule has 2 unspecified atom stereocenters. The Bertz CT molecular complexity index is 342. The first-order valence-electron chi connectivity index (χ1n) is 4.65. The van der Waals surface area contributed by atoms with Crippen molar-refractivity contribution in [3.05, 3.63) is 14.1 Å². The Kier molecular flexibility index (Phi) is 2.78. The normalized spacial score (nSPS) is 36.3. The third kappa shape index (κ3) is 1.63. The molecule has 0 aromatic carbocycles. The summed E-state index contributed by atoms with van der Waals surface area (Å²) < 4.78 is 3.87. The molecule has 1 saturated carbocycles. The summed E-state index contributed by atoms with van der Waals surface area (Å²) in [5, 5.41) is 2.26. The van der Waals surface area contributed by atoms with Crippen LogP contribution in [0, 0.1) is 14.9 Å². The van der Waals surface area contributed by atoms with E-state index < -0.39 is 0 Å². The molecule has 1 aliphatic heterocycles. The topological polar surface area (TPSA) is 16.1 Å². The van der Waals surface area contributed by atoms with E-state index in [0.29, 0.717) is 21.5 Å². The molecule has 14 heavy (non-hydrogen) atoms. The molecule has 2 fully saturated rings. The summed E-state index contributed by atoms with van der Waals surface area (Å²) in [4.78, 5) is 6.97. The molecule has 0 N–H and O–H groups in total. The maximum absolute atomic E-state index is 4.60. The Morgan fingerprint density at radius 3 is 2.79 bits per heavy atom. The average Bonchev–Trinajstić information content (AvgIpc) is 2.60. The molecule has 78 valence electrons. The fraction of sp³-hybridized carbons (Fsp3) is 0.667. The molecule has 0 bridgehead atoms. The van der Waals surface area contributed by atoms with E-state index in [4.69, 9.17) is 0 Å². The van der Waals surface area contributed by atoms with Gasteiger partial charge in [-0.2, -0.15) is 0 Å². The zero-order chi connectivity index (χ0) is 9.71. The summed E-state index contributed by atoms with van der Waals surface area (Å²) in [7, 11) is 0. The van der Waals surface area contributed by atoms with Gasteiger partial charge in [0.05, 0.1) is 0 Å². The van der Waals surface area contributed by atoms with Crippen LogP contribution in [0.1, 0.15) is 11.6 Å². The number of hydrogen-bond acceptors (Lipinski definition) is 3. The third-order valence-electron chi connectivity index (χ3n) is 3.22. The number of rotatable bonds is 2. The Hall–Kier alpha value is 1.05. The standard InChI is InChI=1S/C9H11I2N2S/c1-11-13-2-5-6(3-13)8(5)7-4-14-9(10)12-7/h4-6,8H,2-3H2,1H3/q-1. The van der Waals surface area contributed by atoms with Crippen LogP contribution in [0.4, 0.5) is 0 Å². The number of piperidine rings is 1. The van der Waals surface area contributed by atoms with Gasteiger partial charge in [-0.15, -0.1) is 0 Å². The fourth-order valence-electron chi connectivity index (χ4n) is 2.47. The number of halogens is 2. The predicted octanol–water partition coefficient (Wildman–Crippen LogP) is -0.973. The van der Waals surface area contributed by atoms with Gasteiger partial charge < -0.3 is 0 Å². The summed E-state index contributed by atoms with van der Waals surface area (Å²) in [6.45, 7) is 2.71. The predicted molar refractivity (Wildman–Crippen MR) is 62.0 cm³/mol. The SMILES string of the molecule is C[I-]N1CC2C(C1)C2c1csc(I)n1. The van der Waals surface area contributed by atoms with Crippen molar-refractivity contribution >= 4 is 33.9 Å². The van der Waals surface area contributed by atoms with Gasteiger partial charge in [-0.25, -0.2) is 0 Å². The summed E-state index contributed by atoms with van der Waals surface area (Å²) in [6, 6.07) is 0. The molecule has 2 heterocycles. The van der Waals surface area contributed by atoms with Crippen LogP contribution in [0.5, 0.6) is 0 Å². The summed E-state index contributed by atoms with van der Waals surface area (Å²) in [5.41, 5.74) is 1.38. The van der Waals surface area contributed by atoms with E-state index in [1.165, 1.54) is 21.8 Å². The first-order chi connectivity index (χ1) is 6.79. The van der Waals surface area contributed by atoms with Crippen molar-refractivity contribution in [2.24, 2.45) is 11.8 Å². The molecular formula is C9H11I2N2S-. The Morgan fingerprint density at radius 2 is 2.29 bits per heavy atom. The molecule has 3 rings (SSSR count). The monoisotopic (exact) mass is 433 g/mol. The van der Waals surface area contributed by atoms with Crippen LogP contribution in [0.3, 0.4) is 0 Å². The van der Waals surface area contributed by atoms with Crippen LogP contribution in [0.25, 0.3) is 0 Å². The summed E-state index contributed by atoms with van der Waals surface area (Å²) in [6.07, 6.45) is 0. The second kappa shape index (κ2) is 3.81. The van der Waals surface area contributed by atoms with Crippen LogP contribution in [-0.4, -0.2) is 26.1 Å². The molecule has 2 atom stereocenters. The second-order valence-electron chi connectivity index (χ2n) is 3.88. The van der Waals surface area contributed by atoms with Crippen molar-refractivity contribution in [1.29, 1.82) is 0 Å². The number of nitrogens with zero attached hydrogens (tertiary/aromatic N) is 2. The van der Waals surface area contributed by atoms with Crippen molar-refractivity contribution in [3.8, 4) is 0 Å². The Balaban J connectivity index is 1.70. The van der Waals surface area contributed by atoms with E-state index in [-0.39, 0.29) is 0 Å². The average molecular weight is 433 g/mol. The van der Waals surface area contributed by atoms with Gasteiger partial charge in [0.2, 0.25) is 0 Å². The first kappa shape index (κ1) is 10.2. The van der Waals surface area contributed by atoms with E-state index in [0.717, 1.165) is 17.8 Å².